The van der Waals surface area contributed by atoms with Gasteiger partial charge in [-0.05, 0) is 55.5 Å². The molecule has 0 aliphatic carbocycles. The molecule has 0 aliphatic rings. The van der Waals surface area contributed by atoms with Gasteiger partial charge in [0.05, 0.1) is 12.3 Å². The molecule has 3 aromatic rings. The molecule has 3 rings (SSSR count). The van der Waals surface area contributed by atoms with Crippen LogP contribution in [0, 0.1) is 0 Å². The molecule has 2 N–H and O–H groups in total. The van der Waals surface area contributed by atoms with Gasteiger partial charge in [0.25, 0.3) is 0 Å². The minimum atomic E-state index is -0.282. The Labute approximate surface area is 157 Å². The van der Waals surface area contributed by atoms with Crippen LogP contribution in [0.4, 0.5) is 16.2 Å². The summed E-state index contributed by atoms with van der Waals surface area (Å²) in [6.07, 6.45) is 0. The number of para-hydroxylation sites is 1. The fourth-order valence-corrected chi connectivity index (χ4v) is 3.28. The van der Waals surface area contributed by atoms with Crippen molar-refractivity contribution in [2.45, 2.75) is 16.7 Å². The Morgan fingerprint density at radius 1 is 0.885 bits per heavy atom. The molecule has 26 heavy (non-hydrogen) atoms. The summed E-state index contributed by atoms with van der Waals surface area (Å²) in [4.78, 5) is 14.4. The van der Waals surface area contributed by atoms with Crippen molar-refractivity contribution in [2.24, 2.45) is 0 Å². The van der Waals surface area contributed by atoms with Crippen molar-refractivity contribution in [3.8, 4) is 5.75 Å². The SMILES string of the molecule is CCOc1ccc(NC(=O)Nc2ccccc2Sc2ccccc2)cc1. The lowest BCUT2D eigenvalue weighted by atomic mass is 10.3. The zero-order valence-electron chi connectivity index (χ0n) is 14.4. The van der Waals surface area contributed by atoms with E-state index < -0.39 is 0 Å². The quantitative estimate of drug-likeness (QED) is 0.574. The van der Waals surface area contributed by atoms with E-state index in [9.17, 15) is 4.79 Å². The Kier molecular flexibility index (Phi) is 6.17. The molecule has 0 saturated carbocycles. The molecule has 0 bridgehead atoms. The first-order valence-electron chi connectivity index (χ1n) is 8.37. The minimum Gasteiger partial charge on any atom is -0.494 e. The summed E-state index contributed by atoms with van der Waals surface area (Å²) in [5.74, 6) is 0.781. The lowest BCUT2D eigenvalue weighted by molar-refractivity contribution is 0.262. The standard InChI is InChI=1S/C21H20N2O2S/c1-2-25-17-14-12-16(13-15-17)22-21(24)23-19-10-6-7-11-20(19)26-18-8-4-3-5-9-18/h3-15H,2H2,1H3,(H2,22,23,24). The smallest absolute Gasteiger partial charge is 0.323 e. The number of urea groups is 1. The van der Waals surface area contributed by atoms with E-state index in [2.05, 4.69) is 10.6 Å². The normalized spacial score (nSPS) is 10.2. The van der Waals surface area contributed by atoms with Gasteiger partial charge in [-0.2, -0.15) is 0 Å². The highest BCUT2D eigenvalue weighted by Crippen LogP contribution is 2.33. The molecule has 0 aliphatic heterocycles. The number of carbonyl (C=O) groups is 1. The van der Waals surface area contributed by atoms with Crippen LogP contribution in [-0.2, 0) is 0 Å². The van der Waals surface area contributed by atoms with Crippen LogP contribution in [0.15, 0.2) is 88.7 Å². The van der Waals surface area contributed by atoms with E-state index in [4.69, 9.17) is 4.74 Å². The number of amides is 2. The summed E-state index contributed by atoms with van der Waals surface area (Å²) in [6, 6.07) is 24.8. The first-order valence-corrected chi connectivity index (χ1v) is 9.19. The molecule has 2 amide bonds. The molecule has 0 radical (unpaired) electrons. The Balaban J connectivity index is 1.65. The van der Waals surface area contributed by atoms with Crippen molar-refractivity contribution in [1.29, 1.82) is 0 Å². The number of hydrogen-bond donors (Lipinski definition) is 2. The molecular formula is C21H20N2O2S. The van der Waals surface area contributed by atoms with Gasteiger partial charge in [-0.25, -0.2) is 4.79 Å². The molecule has 0 saturated heterocycles. The highest BCUT2D eigenvalue weighted by atomic mass is 32.2. The van der Waals surface area contributed by atoms with Gasteiger partial charge in [0, 0.05) is 15.5 Å². The minimum absolute atomic E-state index is 0.282. The number of anilines is 2. The molecule has 0 unspecified atom stereocenters. The van der Waals surface area contributed by atoms with Crippen LogP contribution < -0.4 is 15.4 Å². The summed E-state index contributed by atoms with van der Waals surface area (Å²) in [6.45, 7) is 2.55. The molecule has 0 aromatic heterocycles. The zero-order chi connectivity index (χ0) is 18.2. The fourth-order valence-electron chi connectivity index (χ4n) is 2.36. The second-order valence-electron chi connectivity index (χ2n) is 5.45. The first-order chi connectivity index (χ1) is 12.7. The maximum atomic E-state index is 12.3. The molecule has 0 heterocycles. The molecule has 3 aromatic carbocycles. The molecule has 5 heteroatoms. The van der Waals surface area contributed by atoms with Gasteiger partial charge >= 0.3 is 6.03 Å². The first kappa shape index (κ1) is 17.9. The monoisotopic (exact) mass is 364 g/mol. The summed E-state index contributed by atoms with van der Waals surface area (Å²) in [5.41, 5.74) is 1.48. The van der Waals surface area contributed by atoms with E-state index in [1.807, 2.05) is 85.8 Å². The van der Waals surface area contributed by atoms with E-state index in [1.165, 1.54) is 0 Å². The average molecular weight is 364 g/mol. The Morgan fingerprint density at radius 2 is 1.58 bits per heavy atom. The average Bonchev–Trinajstić information content (AvgIpc) is 2.66. The number of carbonyl (C=O) groups excluding carboxylic acids is 1. The van der Waals surface area contributed by atoms with Gasteiger partial charge in [-0.3, -0.25) is 0 Å². The number of ether oxygens (including phenoxy) is 1. The van der Waals surface area contributed by atoms with Gasteiger partial charge in [0.15, 0.2) is 0 Å². The second-order valence-corrected chi connectivity index (χ2v) is 6.56. The van der Waals surface area contributed by atoms with Crippen molar-refractivity contribution in [1.82, 2.24) is 0 Å². The highest BCUT2D eigenvalue weighted by Gasteiger charge is 2.08. The lowest BCUT2D eigenvalue weighted by Crippen LogP contribution is -2.19. The number of benzene rings is 3. The van der Waals surface area contributed by atoms with Crippen LogP contribution in [0.2, 0.25) is 0 Å². The van der Waals surface area contributed by atoms with Crippen LogP contribution in [0.1, 0.15) is 6.92 Å². The van der Waals surface area contributed by atoms with Gasteiger partial charge < -0.3 is 15.4 Å². The molecule has 4 nitrogen and oxygen atoms in total. The van der Waals surface area contributed by atoms with Crippen LogP contribution >= 0.6 is 11.8 Å². The third kappa shape index (κ3) is 5.04. The largest absolute Gasteiger partial charge is 0.494 e. The third-order valence-corrected chi connectivity index (χ3v) is 4.61. The zero-order valence-corrected chi connectivity index (χ0v) is 15.3. The van der Waals surface area contributed by atoms with E-state index in [0.29, 0.717) is 12.3 Å². The van der Waals surface area contributed by atoms with E-state index >= 15 is 0 Å². The fraction of sp³-hybridized carbons (Fsp3) is 0.0952. The summed E-state index contributed by atoms with van der Waals surface area (Å²) >= 11 is 1.61. The van der Waals surface area contributed by atoms with Crippen molar-refractivity contribution >= 4 is 29.2 Å². The van der Waals surface area contributed by atoms with Gasteiger partial charge in [-0.1, -0.05) is 42.1 Å². The number of rotatable bonds is 6. The Hall–Kier alpha value is -2.92. The van der Waals surface area contributed by atoms with Crippen molar-refractivity contribution in [2.75, 3.05) is 17.2 Å². The Morgan fingerprint density at radius 3 is 2.31 bits per heavy atom. The molecular weight excluding hydrogens is 344 g/mol. The number of hydrogen-bond acceptors (Lipinski definition) is 3. The van der Waals surface area contributed by atoms with Crippen molar-refractivity contribution in [3.05, 3.63) is 78.9 Å². The third-order valence-electron chi connectivity index (χ3n) is 3.53. The van der Waals surface area contributed by atoms with Crippen LogP contribution in [0.25, 0.3) is 0 Å². The van der Waals surface area contributed by atoms with Crippen molar-refractivity contribution < 1.29 is 9.53 Å². The Bertz CT molecular complexity index is 851. The molecule has 0 spiro atoms. The molecule has 132 valence electrons. The van der Waals surface area contributed by atoms with Crippen LogP contribution in [0.5, 0.6) is 5.75 Å². The molecule has 0 fully saturated rings. The van der Waals surface area contributed by atoms with Gasteiger partial charge in [0.2, 0.25) is 0 Å². The van der Waals surface area contributed by atoms with E-state index in [1.54, 1.807) is 11.8 Å². The second kappa shape index (κ2) is 8.97. The topological polar surface area (TPSA) is 50.4 Å². The number of nitrogens with one attached hydrogen (secondary N) is 2. The van der Waals surface area contributed by atoms with Gasteiger partial charge in [0.1, 0.15) is 5.75 Å². The van der Waals surface area contributed by atoms with Crippen LogP contribution in [0.3, 0.4) is 0 Å². The lowest BCUT2D eigenvalue weighted by Gasteiger charge is -2.12. The van der Waals surface area contributed by atoms with Crippen LogP contribution in [-0.4, -0.2) is 12.6 Å². The summed E-state index contributed by atoms with van der Waals surface area (Å²) in [5, 5.41) is 5.75. The molecule has 0 atom stereocenters. The van der Waals surface area contributed by atoms with Gasteiger partial charge in [-0.15, -0.1) is 0 Å². The predicted molar refractivity (Wildman–Crippen MR) is 107 cm³/mol. The summed E-state index contributed by atoms with van der Waals surface area (Å²) < 4.78 is 5.40. The van der Waals surface area contributed by atoms with Crippen molar-refractivity contribution in [3.63, 3.8) is 0 Å². The summed E-state index contributed by atoms with van der Waals surface area (Å²) in [7, 11) is 0. The van der Waals surface area contributed by atoms with E-state index in [0.717, 1.165) is 21.2 Å². The van der Waals surface area contributed by atoms with E-state index in [-0.39, 0.29) is 6.03 Å². The predicted octanol–water partition coefficient (Wildman–Crippen LogP) is 5.88. The highest BCUT2D eigenvalue weighted by molar-refractivity contribution is 7.99. The maximum absolute atomic E-state index is 12.3. The maximum Gasteiger partial charge on any atom is 0.323 e.